The van der Waals surface area contributed by atoms with Crippen molar-refractivity contribution in [3.05, 3.63) is 42.0 Å². The van der Waals surface area contributed by atoms with Crippen LogP contribution in [0.2, 0.25) is 0 Å². The third-order valence-electron chi connectivity index (χ3n) is 3.22. The van der Waals surface area contributed by atoms with Crippen LogP contribution in [-0.2, 0) is 13.0 Å². The first kappa shape index (κ1) is 15.5. The molecule has 114 valence electrons. The average molecular weight is 289 g/mol. The number of hydrogen-bond donors (Lipinski definition) is 1. The topological polar surface area (TPSA) is 60.2 Å². The molecule has 21 heavy (non-hydrogen) atoms. The van der Waals surface area contributed by atoms with E-state index in [1.807, 2.05) is 28.9 Å². The second-order valence-corrected chi connectivity index (χ2v) is 5.04. The summed E-state index contributed by atoms with van der Waals surface area (Å²) in [6, 6.07) is 7.61. The fraction of sp³-hybridized carbons (Fsp3) is 0.500. The van der Waals surface area contributed by atoms with Gasteiger partial charge in [0.25, 0.3) is 0 Å². The molecule has 0 fully saturated rings. The Morgan fingerprint density at radius 2 is 2.14 bits per heavy atom. The summed E-state index contributed by atoms with van der Waals surface area (Å²) in [5.41, 5.74) is 0.842. The van der Waals surface area contributed by atoms with Gasteiger partial charge in [0.05, 0.1) is 12.7 Å². The van der Waals surface area contributed by atoms with Crippen LogP contribution >= 0.6 is 0 Å². The molecular weight excluding hydrogens is 266 g/mol. The Bertz CT molecular complexity index is 554. The first-order valence-corrected chi connectivity index (χ1v) is 7.52. The lowest BCUT2D eigenvalue weighted by Gasteiger charge is -2.13. The fourth-order valence-corrected chi connectivity index (χ4v) is 2.17. The maximum absolute atomic E-state index is 10.4. The lowest BCUT2D eigenvalue weighted by atomic mass is 10.1. The molecule has 1 aromatic heterocycles. The summed E-state index contributed by atoms with van der Waals surface area (Å²) in [5.74, 6) is 1.60. The summed E-state index contributed by atoms with van der Waals surface area (Å²) in [6.07, 6.45) is 3.35. The number of hydrogen-bond acceptors (Lipinski definition) is 4. The first-order valence-electron chi connectivity index (χ1n) is 7.52. The van der Waals surface area contributed by atoms with Crippen molar-refractivity contribution in [1.29, 1.82) is 0 Å². The monoisotopic (exact) mass is 289 g/mol. The van der Waals surface area contributed by atoms with Crippen molar-refractivity contribution in [3.8, 4) is 5.75 Å². The van der Waals surface area contributed by atoms with E-state index >= 15 is 0 Å². The largest absolute Gasteiger partial charge is 0.494 e. The molecule has 1 heterocycles. The summed E-state index contributed by atoms with van der Waals surface area (Å²) in [7, 11) is 0. The molecular formula is C16H23N3O2. The van der Waals surface area contributed by atoms with Crippen LogP contribution in [0.15, 0.2) is 30.6 Å². The molecule has 2 rings (SSSR count). The van der Waals surface area contributed by atoms with Gasteiger partial charge in [0.2, 0.25) is 0 Å². The summed E-state index contributed by atoms with van der Waals surface area (Å²) in [5, 5.41) is 14.6. The predicted molar refractivity (Wildman–Crippen MR) is 81.2 cm³/mol. The van der Waals surface area contributed by atoms with Crippen LogP contribution in [0.5, 0.6) is 5.75 Å². The Balaban J connectivity index is 2.05. The second-order valence-electron chi connectivity index (χ2n) is 5.04. The lowest BCUT2D eigenvalue weighted by Crippen LogP contribution is -2.10. The standard InChI is InChI=1S/C16H23N3O2/c1-3-8-19-16(17-12-18-19)11-15(20)13-6-5-7-14(10-13)21-9-4-2/h5-7,10,12,15,20H,3-4,8-9,11H2,1-2H3. The van der Waals surface area contributed by atoms with E-state index in [4.69, 9.17) is 4.74 Å². The molecule has 0 bridgehead atoms. The zero-order valence-corrected chi connectivity index (χ0v) is 12.7. The molecule has 0 spiro atoms. The summed E-state index contributed by atoms with van der Waals surface area (Å²) in [6.45, 7) is 5.67. The van der Waals surface area contributed by atoms with E-state index in [2.05, 4.69) is 23.9 Å². The zero-order chi connectivity index (χ0) is 15.1. The van der Waals surface area contributed by atoms with Crippen LogP contribution in [0.3, 0.4) is 0 Å². The molecule has 1 unspecified atom stereocenters. The quantitative estimate of drug-likeness (QED) is 0.811. The Morgan fingerprint density at radius 1 is 1.29 bits per heavy atom. The summed E-state index contributed by atoms with van der Waals surface area (Å²) < 4.78 is 7.45. The van der Waals surface area contributed by atoms with E-state index in [-0.39, 0.29) is 0 Å². The number of aryl methyl sites for hydroxylation is 1. The molecule has 0 aliphatic carbocycles. The molecule has 2 aromatic rings. The molecule has 0 amide bonds. The van der Waals surface area contributed by atoms with Crippen LogP contribution in [0.25, 0.3) is 0 Å². The number of nitrogens with zero attached hydrogens (tertiary/aromatic N) is 3. The van der Waals surface area contributed by atoms with Gasteiger partial charge in [0.15, 0.2) is 0 Å². The minimum absolute atomic E-state index is 0.456. The Kier molecular flexibility index (Phi) is 5.75. The van der Waals surface area contributed by atoms with Gasteiger partial charge in [-0.1, -0.05) is 26.0 Å². The van der Waals surface area contributed by atoms with Gasteiger partial charge in [0, 0.05) is 13.0 Å². The predicted octanol–water partition coefficient (Wildman–Crippen LogP) is 2.75. The normalized spacial score (nSPS) is 12.3. The van der Waals surface area contributed by atoms with Crippen molar-refractivity contribution in [3.63, 3.8) is 0 Å². The number of rotatable bonds is 8. The van der Waals surface area contributed by atoms with Crippen LogP contribution in [0, 0.1) is 0 Å². The summed E-state index contributed by atoms with van der Waals surface area (Å²) in [4.78, 5) is 4.23. The molecule has 1 N–H and O–H groups in total. The maximum Gasteiger partial charge on any atom is 0.138 e. The second kappa shape index (κ2) is 7.78. The zero-order valence-electron chi connectivity index (χ0n) is 12.7. The maximum atomic E-state index is 10.4. The number of aliphatic hydroxyl groups excluding tert-OH is 1. The smallest absolute Gasteiger partial charge is 0.138 e. The summed E-state index contributed by atoms with van der Waals surface area (Å²) >= 11 is 0. The van der Waals surface area contributed by atoms with Gasteiger partial charge in [0.1, 0.15) is 17.9 Å². The molecule has 5 nitrogen and oxygen atoms in total. The Labute approximate surface area is 125 Å². The Hall–Kier alpha value is -1.88. The van der Waals surface area contributed by atoms with Gasteiger partial charge in [-0.2, -0.15) is 5.10 Å². The SMILES string of the molecule is CCCOc1cccc(C(O)Cc2ncnn2CCC)c1. The minimum atomic E-state index is -0.602. The third kappa shape index (κ3) is 4.29. The van der Waals surface area contributed by atoms with Crippen molar-refractivity contribution < 1.29 is 9.84 Å². The molecule has 0 saturated carbocycles. The van der Waals surface area contributed by atoms with Gasteiger partial charge in [-0.25, -0.2) is 4.98 Å². The molecule has 0 aliphatic heterocycles. The number of aliphatic hydroxyl groups is 1. The van der Waals surface area contributed by atoms with E-state index in [1.54, 1.807) is 6.33 Å². The van der Waals surface area contributed by atoms with Crippen LogP contribution in [-0.4, -0.2) is 26.5 Å². The number of benzene rings is 1. The first-order chi connectivity index (χ1) is 10.2. The van der Waals surface area contributed by atoms with E-state index in [1.165, 1.54) is 0 Å². The van der Waals surface area contributed by atoms with Crippen LogP contribution < -0.4 is 4.74 Å². The van der Waals surface area contributed by atoms with Crippen molar-refractivity contribution in [1.82, 2.24) is 14.8 Å². The highest BCUT2D eigenvalue weighted by atomic mass is 16.5. The molecule has 1 aromatic carbocycles. The molecule has 0 saturated heterocycles. The van der Waals surface area contributed by atoms with Crippen LogP contribution in [0.1, 0.15) is 44.2 Å². The molecule has 0 radical (unpaired) electrons. The Morgan fingerprint density at radius 3 is 2.90 bits per heavy atom. The van der Waals surface area contributed by atoms with Gasteiger partial charge in [-0.05, 0) is 30.5 Å². The number of ether oxygens (including phenoxy) is 1. The average Bonchev–Trinajstić information content (AvgIpc) is 2.93. The van der Waals surface area contributed by atoms with E-state index in [0.29, 0.717) is 13.0 Å². The highest BCUT2D eigenvalue weighted by molar-refractivity contribution is 5.30. The van der Waals surface area contributed by atoms with Crippen molar-refractivity contribution in [2.75, 3.05) is 6.61 Å². The van der Waals surface area contributed by atoms with E-state index < -0.39 is 6.10 Å². The van der Waals surface area contributed by atoms with Crippen LogP contribution in [0.4, 0.5) is 0 Å². The highest BCUT2D eigenvalue weighted by Gasteiger charge is 2.13. The molecule has 5 heteroatoms. The lowest BCUT2D eigenvalue weighted by molar-refractivity contribution is 0.173. The molecule has 0 aliphatic rings. The van der Waals surface area contributed by atoms with Crippen molar-refractivity contribution >= 4 is 0 Å². The fourth-order valence-electron chi connectivity index (χ4n) is 2.17. The third-order valence-corrected chi connectivity index (χ3v) is 3.22. The molecule has 1 atom stereocenters. The highest BCUT2D eigenvalue weighted by Crippen LogP contribution is 2.22. The number of aromatic nitrogens is 3. The van der Waals surface area contributed by atoms with Gasteiger partial charge in [-0.15, -0.1) is 0 Å². The minimum Gasteiger partial charge on any atom is -0.494 e. The van der Waals surface area contributed by atoms with Crippen molar-refractivity contribution in [2.24, 2.45) is 0 Å². The van der Waals surface area contributed by atoms with Gasteiger partial charge < -0.3 is 9.84 Å². The van der Waals surface area contributed by atoms with Crippen molar-refractivity contribution in [2.45, 2.75) is 45.8 Å². The van der Waals surface area contributed by atoms with Gasteiger partial charge in [-0.3, -0.25) is 4.68 Å². The van der Waals surface area contributed by atoms with E-state index in [0.717, 1.165) is 36.5 Å². The van der Waals surface area contributed by atoms with Gasteiger partial charge >= 0.3 is 0 Å². The van der Waals surface area contributed by atoms with E-state index in [9.17, 15) is 5.11 Å².